The third-order valence-corrected chi connectivity index (χ3v) is 4.01. The van der Waals surface area contributed by atoms with Crippen molar-refractivity contribution in [3.8, 4) is 6.07 Å². The largest absolute Gasteiger partial charge is 0.314 e. The van der Waals surface area contributed by atoms with Crippen molar-refractivity contribution in [2.75, 3.05) is 19.6 Å². The molecule has 0 bridgehead atoms. The van der Waals surface area contributed by atoms with Gasteiger partial charge in [0, 0.05) is 24.7 Å². The number of nitrogens with one attached hydrogen (secondary N) is 1. The van der Waals surface area contributed by atoms with E-state index in [4.69, 9.17) is 5.26 Å². The third-order valence-electron chi connectivity index (χ3n) is 4.01. The first-order chi connectivity index (χ1) is 10.1. The fraction of sp³-hybridized carbons (Fsp3) is 0.588. The van der Waals surface area contributed by atoms with E-state index in [9.17, 15) is 4.39 Å². The fourth-order valence-electron chi connectivity index (χ4n) is 2.89. The molecule has 0 aromatic heterocycles. The molecular formula is C17H24FN3. The molecule has 1 fully saturated rings. The van der Waals surface area contributed by atoms with Crippen LogP contribution >= 0.6 is 0 Å². The first kappa shape index (κ1) is 15.9. The first-order valence-corrected chi connectivity index (χ1v) is 7.73. The highest BCUT2D eigenvalue weighted by atomic mass is 19.1. The maximum Gasteiger partial charge on any atom is 0.145 e. The number of likely N-dealkylation sites (tertiary alicyclic amines) is 1. The zero-order valence-electron chi connectivity index (χ0n) is 12.9. The van der Waals surface area contributed by atoms with E-state index in [1.54, 1.807) is 12.1 Å². The number of halogens is 1. The minimum atomic E-state index is -0.359. The number of nitrogens with zero attached hydrogens (tertiary/aromatic N) is 2. The lowest BCUT2D eigenvalue weighted by atomic mass is 9.97. The highest BCUT2D eigenvalue weighted by Gasteiger charge is 2.21. The Morgan fingerprint density at radius 2 is 2.29 bits per heavy atom. The second-order valence-corrected chi connectivity index (χ2v) is 6.20. The molecule has 2 rings (SSSR count). The van der Waals surface area contributed by atoms with Crippen LogP contribution in [0, 0.1) is 23.1 Å². The van der Waals surface area contributed by atoms with Crippen LogP contribution < -0.4 is 5.32 Å². The van der Waals surface area contributed by atoms with Crippen LogP contribution in [0.2, 0.25) is 0 Å². The molecule has 1 aromatic rings. The molecule has 21 heavy (non-hydrogen) atoms. The molecule has 114 valence electrons. The van der Waals surface area contributed by atoms with E-state index in [-0.39, 0.29) is 11.4 Å². The van der Waals surface area contributed by atoms with E-state index >= 15 is 0 Å². The molecular weight excluding hydrogens is 265 g/mol. The molecule has 1 aliphatic heterocycles. The molecule has 1 aromatic carbocycles. The SMILES string of the molecule is CC(C)NCC1CCCN(Cc2cccc(C#N)c2F)C1. The van der Waals surface area contributed by atoms with Crippen LogP contribution in [0.15, 0.2) is 18.2 Å². The Morgan fingerprint density at radius 1 is 1.48 bits per heavy atom. The number of benzene rings is 1. The summed E-state index contributed by atoms with van der Waals surface area (Å²) in [5.74, 6) is 0.269. The summed E-state index contributed by atoms with van der Waals surface area (Å²) < 4.78 is 14.1. The van der Waals surface area contributed by atoms with Gasteiger partial charge >= 0.3 is 0 Å². The van der Waals surface area contributed by atoms with E-state index in [1.165, 1.54) is 12.5 Å². The summed E-state index contributed by atoms with van der Waals surface area (Å²) in [5.41, 5.74) is 0.772. The zero-order chi connectivity index (χ0) is 15.2. The summed E-state index contributed by atoms with van der Waals surface area (Å²) in [5, 5.41) is 12.4. The van der Waals surface area contributed by atoms with Gasteiger partial charge in [-0.05, 0) is 37.9 Å². The number of piperidine rings is 1. The van der Waals surface area contributed by atoms with Crippen molar-refractivity contribution < 1.29 is 4.39 Å². The Hall–Kier alpha value is -1.44. The monoisotopic (exact) mass is 289 g/mol. The minimum Gasteiger partial charge on any atom is -0.314 e. The van der Waals surface area contributed by atoms with Crippen molar-refractivity contribution >= 4 is 0 Å². The summed E-state index contributed by atoms with van der Waals surface area (Å²) in [6.45, 7) is 7.94. The Bertz CT molecular complexity index is 507. The second kappa shape index (κ2) is 7.53. The predicted octanol–water partition coefficient (Wildman–Crippen LogP) is 2.91. The van der Waals surface area contributed by atoms with E-state index in [0.717, 1.165) is 26.1 Å². The molecule has 1 saturated heterocycles. The lowest BCUT2D eigenvalue weighted by Crippen LogP contribution is -2.40. The van der Waals surface area contributed by atoms with Gasteiger partial charge in [0.15, 0.2) is 0 Å². The maximum absolute atomic E-state index is 14.1. The standard InChI is InChI=1S/C17H24FN3/c1-13(2)20-10-14-5-4-8-21(11-14)12-16-7-3-6-15(9-19)17(16)18/h3,6-7,13-14,20H,4-5,8,10-12H2,1-2H3. The van der Waals surface area contributed by atoms with Gasteiger partial charge in [-0.15, -0.1) is 0 Å². The molecule has 1 unspecified atom stereocenters. The van der Waals surface area contributed by atoms with Crippen molar-refractivity contribution in [2.24, 2.45) is 5.92 Å². The average Bonchev–Trinajstić information content (AvgIpc) is 2.48. The minimum absolute atomic E-state index is 0.141. The Kier molecular flexibility index (Phi) is 5.72. The number of hydrogen-bond donors (Lipinski definition) is 1. The van der Waals surface area contributed by atoms with Gasteiger partial charge in [0.2, 0.25) is 0 Å². The second-order valence-electron chi connectivity index (χ2n) is 6.20. The molecule has 1 heterocycles. The molecule has 1 aliphatic rings. The van der Waals surface area contributed by atoms with Crippen LogP contribution in [0.25, 0.3) is 0 Å². The first-order valence-electron chi connectivity index (χ1n) is 7.73. The summed E-state index contributed by atoms with van der Waals surface area (Å²) >= 11 is 0. The van der Waals surface area contributed by atoms with Gasteiger partial charge in [-0.2, -0.15) is 5.26 Å². The Morgan fingerprint density at radius 3 is 3.00 bits per heavy atom. The summed E-state index contributed by atoms with van der Waals surface area (Å²) in [6.07, 6.45) is 2.39. The van der Waals surface area contributed by atoms with Gasteiger partial charge in [-0.3, -0.25) is 4.90 Å². The molecule has 0 radical (unpaired) electrons. The van der Waals surface area contributed by atoms with E-state index in [0.29, 0.717) is 24.1 Å². The molecule has 1 N–H and O–H groups in total. The van der Waals surface area contributed by atoms with Crippen molar-refractivity contribution in [1.82, 2.24) is 10.2 Å². The van der Waals surface area contributed by atoms with E-state index < -0.39 is 0 Å². The van der Waals surface area contributed by atoms with Crippen molar-refractivity contribution in [2.45, 2.75) is 39.3 Å². The molecule has 0 aliphatic carbocycles. The summed E-state index contributed by atoms with van der Waals surface area (Å²) in [4.78, 5) is 2.30. The fourth-order valence-corrected chi connectivity index (χ4v) is 2.89. The van der Waals surface area contributed by atoms with Crippen LogP contribution in [0.4, 0.5) is 4.39 Å². The predicted molar refractivity (Wildman–Crippen MR) is 82.3 cm³/mol. The summed E-state index contributed by atoms with van der Waals surface area (Å²) in [7, 11) is 0. The molecule has 4 heteroatoms. The normalized spacial score (nSPS) is 19.7. The van der Waals surface area contributed by atoms with Gasteiger partial charge in [0.1, 0.15) is 11.9 Å². The highest BCUT2D eigenvalue weighted by Crippen LogP contribution is 2.20. The molecule has 0 amide bonds. The topological polar surface area (TPSA) is 39.1 Å². The lowest BCUT2D eigenvalue weighted by molar-refractivity contribution is 0.162. The highest BCUT2D eigenvalue weighted by molar-refractivity contribution is 5.34. The molecule has 3 nitrogen and oxygen atoms in total. The van der Waals surface area contributed by atoms with Crippen LogP contribution in [0.5, 0.6) is 0 Å². The van der Waals surface area contributed by atoms with Gasteiger partial charge in [-0.25, -0.2) is 4.39 Å². The van der Waals surface area contributed by atoms with Gasteiger partial charge in [0.25, 0.3) is 0 Å². The third kappa shape index (κ3) is 4.52. The van der Waals surface area contributed by atoms with Gasteiger partial charge in [-0.1, -0.05) is 26.0 Å². The van der Waals surface area contributed by atoms with Crippen LogP contribution in [0.3, 0.4) is 0 Å². The lowest BCUT2D eigenvalue weighted by Gasteiger charge is -2.33. The van der Waals surface area contributed by atoms with Crippen LogP contribution in [0.1, 0.15) is 37.8 Å². The zero-order valence-corrected chi connectivity index (χ0v) is 12.9. The number of nitriles is 1. The van der Waals surface area contributed by atoms with Crippen LogP contribution in [-0.2, 0) is 6.54 Å². The van der Waals surface area contributed by atoms with Crippen molar-refractivity contribution in [3.05, 3.63) is 35.1 Å². The quantitative estimate of drug-likeness (QED) is 0.906. The van der Waals surface area contributed by atoms with Crippen LogP contribution in [-0.4, -0.2) is 30.6 Å². The van der Waals surface area contributed by atoms with Gasteiger partial charge < -0.3 is 5.32 Å². The van der Waals surface area contributed by atoms with Crippen molar-refractivity contribution in [1.29, 1.82) is 5.26 Å². The smallest absolute Gasteiger partial charge is 0.145 e. The number of rotatable bonds is 5. The summed E-state index contributed by atoms with van der Waals surface area (Å²) in [6, 6.07) is 7.49. The van der Waals surface area contributed by atoms with E-state index in [2.05, 4.69) is 24.1 Å². The Balaban J connectivity index is 1.95. The molecule has 0 spiro atoms. The Labute approximate surface area is 126 Å². The molecule has 0 saturated carbocycles. The average molecular weight is 289 g/mol. The van der Waals surface area contributed by atoms with E-state index in [1.807, 2.05) is 6.07 Å². The van der Waals surface area contributed by atoms with Crippen molar-refractivity contribution in [3.63, 3.8) is 0 Å². The van der Waals surface area contributed by atoms with Gasteiger partial charge in [0.05, 0.1) is 5.56 Å². The number of hydrogen-bond acceptors (Lipinski definition) is 3. The molecule has 1 atom stereocenters. The maximum atomic E-state index is 14.1.